The van der Waals surface area contributed by atoms with Gasteiger partial charge in [-0.15, -0.1) is 11.3 Å². The molecule has 0 fully saturated rings. The number of halogens is 2. The van der Waals surface area contributed by atoms with Crippen LogP contribution in [0.2, 0.25) is 5.02 Å². The fraction of sp³-hybridized carbons (Fsp3) is 0.0588. The molecule has 3 aromatic rings. The molecule has 1 aromatic heterocycles. The zero-order valence-electron chi connectivity index (χ0n) is 11.8. The first-order valence-electron chi connectivity index (χ1n) is 6.74. The highest BCUT2D eigenvalue weighted by Crippen LogP contribution is 2.34. The van der Waals surface area contributed by atoms with E-state index in [0.29, 0.717) is 20.6 Å². The van der Waals surface area contributed by atoms with Gasteiger partial charge in [-0.3, -0.25) is 0 Å². The van der Waals surface area contributed by atoms with Gasteiger partial charge in [0.05, 0.1) is 5.69 Å². The third kappa shape index (κ3) is 3.57. The lowest BCUT2D eigenvalue weighted by atomic mass is 10.1. The molecule has 2 aromatic carbocycles. The Morgan fingerprint density at radius 2 is 1.70 bits per heavy atom. The van der Waals surface area contributed by atoms with Crippen LogP contribution in [0.25, 0.3) is 21.8 Å². The second-order valence-electron chi connectivity index (χ2n) is 4.85. The minimum atomic E-state index is -1.17. The third-order valence-corrected chi connectivity index (χ3v) is 4.57. The van der Waals surface area contributed by atoms with Crippen molar-refractivity contribution in [3.63, 3.8) is 0 Å². The summed E-state index contributed by atoms with van der Waals surface area (Å²) in [5.41, 5.74) is 2.08. The van der Waals surface area contributed by atoms with Gasteiger partial charge >= 0.3 is 0 Å². The van der Waals surface area contributed by atoms with Crippen molar-refractivity contribution in [2.75, 3.05) is 0 Å². The van der Waals surface area contributed by atoms with Crippen molar-refractivity contribution in [2.24, 2.45) is 0 Å². The molecule has 0 saturated heterocycles. The molecule has 3 nitrogen and oxygen atoms in total. The molecule has 0 N–H and O–H groups in total. The second-order valence-corrected chi connectivity index (χ2v) is 6.37. The van der Waals surface area contributed by atoms with Crippen molar-refractivity contribution >= 4 is 28.9 Å². The van der Waals surface area contributed by atoms with Gasteiger partial charge in [0.15, 0.2) is 0 Å². The number of nitrogens with zero attached hydrogens (tertiary/aromatic N) is 1. The predicted octanol–water partition coefficient (Wildman–Crippen LogP) is 3.56. The number of thiazole rings is 1. The number of carbonyl (C=O) groups is 1. The summed E-state index contributed by atoms with van der Waals surface area (Å²) >= 11 is 7.14. The standard InChI is InChI=1S/C17H11ClFNO2S/c18-12-5-1-10(2-6-12)16-14(9-15(21)22)23-17(20-16)11-3-7-13(19)8-4-11/h1-8H,9H2,(H,21,22)/p-1. The summed E-state index contributed by atoms with van der Waals surface area (Å²) in [5, 5.41) is 12.2. The Bertz CT molecular complexity index is 844. The number of aliphatic carboxylic acids is 1. The van der Waals surface area contributed by atoms with Gasteiger partial charge in [0.1, 0.15) is 10.8 Å². The molecule has 0 aliphatic rings. The van der Waals surface area contributed by atoms with Crippen LogP contribution in [0.15, 0.2) is 48.5 Å². The van der Waals surface area contributed by atoms with Gasteiger partial charge in [-0.1, -0.05) is 23.7 Å². The number of carboxylic acid groups (broad SMARTS) is 1. The largest absolute Gasteiger partial charge is 0.550 e. The van der Waals surface area contributed by atoms with Gasteiger partial charge in [-0.25, -0.2) is 9.37 Å². The molecular weight excluding hydrogens is 337 g/mol. The maximum absolute atomic E-state index is 13.0. The highest BCUT2D eigenvalue weighted by atomic mass is 35.5. The van der Waals surface area contributed by atoms with E-state index in [1.165, 1.54) is 23.5 Å². The third-order valence-electron chi connectivity index (χ3n) is 3.21. The number of aromatic nitrogens is 1. The van der Waals surface area contributed by atoms with Crippen molar-refractivity contribution in [3.05, 3.63) is 64.2 Å². The van der Waals surface area contributed by atoms with Gasteiger partial charge in [0.25, 0.3) is 0 Å². The van der Waals surface area contributed by atoms with Crippen LogP contribution in [0.5, 0.6) is 0 Å². The number of carboxylic acids is 1. The summed E-state index contributed by atoms with van der Waals surface area (Å²) in [5.74, 6) is -1.51. The van der Waals surface area contributed by atoms with Crippen LogP contribution in [0.3, 0.4) is 0 Å². The minimum Gasteiger partial charge on any atom is -0.550 e. The molecule has 0 amide bonds. The van der Waals surface area contributed by atoms with Crippen molar-refractivity contribution in [3.8, 4) is 21.8 Å². The molecule has 0 aliphatic heterocycles. The van der Waals surface area contributed by atoms with Crippen LogP contribution in [0, 0.1) is 5.82 Å². The Labute approximate surface area is 141 Å². The van der Waals surface area contributed by atoms with Crippen molar-refractivity contribution < 1.29 is 14.3 Å². The zero-order valence-corrected chi connectivity index (χ0v) is 13.3. The van der Waals surface area contributed by atoms with Crippen molar-refractivity contribution in [2.45, 2.75) is 6.42 Å². The average Bonchev–Trinajstić information content (AvgIpc) is 2.92. The highest BCUT2D eigenvalue weighted by molar-refractivity contribution is 7.15. The normalized spacial score (nSPS) is 10.7. The van der Waals surface area contributed by atoms with Gasteiger partial charge in [0.2, 0.25) is 0 Å². The van der Waals surface area contributed by atoms with E-state index in [1.807, 2.05) is 0 Å². The van der Waals surface area contributed by atoms with E-state index in [9.17, 15) is 14.3 Å². The fourth-order valence-corrected chi connectivity index (χ4v) is 3.35. The number of rotatable bonds is 4. The monoisotopic (exact) mass is 346 g/mol. The topological polar surface area (TPSA) is 53.0 Å². The van der Waals surface area contributed by atoms with Crippen LogP contribution in [0.4, 0.5) is 4.39 Å². The zero-order chi connectivity index (χ0) is 16.4. The molecule has 116 valence electrons. The summed E-state index contributed by atoms with van der Waals surface area (Å²) < 4.78 is 13.0. The summed E-state index contributed by atoms with van der Waals surface area (Å²) in [6.45, 7) is 0. The minimum absolute atomic E-state index is 0.225. The molecule has 6 heteroatoms. The molecule has 0 saturated carbocycles. The lowest BCUT2D eigenvalue weighted by Gasteiger charge is -2.03. The summed E-state index contributed by atoms with van der Waals surface area (Å²) in [4.78, 5) is 16.1. The van der Waals surface area contributed by atoms with Gasteiger partial charge in [-0.2, -0.15) is 0 Å². The molecule has 3 rings (SSSR count). The first-order chi connectivity index (χ1) is 11.0. The molecule has 0 unspecified atom stereocenters. The molecule has 0 aliphatic carbocycles. The first kappa shape index (κ1) is 15.6. The maximum Gasteiger partial charge on any atom is 0.124 e. The highest BCUT2D eigenvalue weighted by Gasteiger charge is 2.14. The van der Waals surface area contributed by atoms with Gasteiger partial charge in [0, 0.05) is 33.4 Å². The number of carbonyl (C=O) groups excluding carboxylic acids is 1. The smallest absolute Gasteiger partial charge is 0.124 e. The molecule has 0 radical (unpaired) electrons. The SMILES string of the molecule is O=C([O-])Cc1sc(-c2ccc(F)cc2)nc1-c1ccc(Cl)cc1. The fourth-order valence-electron chi connectivity index (χ4n) is 2.15. The first-order valence-corrected chi connectivity index (χ1v) is 7.94. The van der Waals surface area contributed by atoms with Crippen molar-refractivity contribution in [1.82, 2.24) is 4.98 Å². The van der Waals surface area contributed by atoms with E-state index in [1.54, 1.807) is 36.4 Å². The Hall–Kier alpha value is -2.24. The van der Waals surface area contributed by atoms with E-state index < -0.39 is 5.97 Å². The van der Waals surface area contributed by atoms with Crippen LogP contribution in [-0.4, -0.2) is 11.0 Å². The number of benzene rings is 2. The molecule has 1 heterocycles. The molecule has 0 bridgehead atoms. The Kier molecular flexibility index (Phi) is 4.41. The number of hydrogen-bond acceptors (Lipinski definition) is 4. The van der Waals surface area contributed by atoms with E-state index in [-0.39, 0.29) is 12.2 Å². The van der Waals surface area contributed by atoms with Crippen molar-refractivity contribution in [1.29, 1.82) is 0 Å². The number of hydrogen-bond donors (Lipinski definition) is 0. The molecular formula is C17H10ClFNO2S-. The summed E-state index contributed by atoms with van der Waals surface area (Å²) in [6, 6.07) is 12.9. The lowest BCUT2D eigenvalue weighted by Crippen LogP contribution is -2.24. The molecule has 0 spiro atoms. The van der Waals surface area contributed by atoms with E-state index in [2.05, 4.69) is 4.98 Å². The summed E-state index contributed by atoms with van der Waals surface area (Å²) in [6.07, 6.45) is -0.225. The van der Waals surface area contributed by atoms with Crippen LogP contribution >= 0.6 is 22.9 Å². The maximum atomic E-state index is 13.0. The Morgan fingerprint density at radius 1 is 1.09 bits per heavy atom. The van der Waals surface area contributed by atoms with Gasteiger partial charge < -0.3 is 9.90 Å². The van der Waals surface area contributed by atoms with E-state index >= 15 is 0 Å². The molecule has 0 atom stereocenters. The lowest BCUT2D eigenvalue weighted by molar-refractivity contribution is -0.304. The Balaban J connectivity index is 2.08. The average molecular weight is 347 g/mol. The molecule has 23 heavy (non-hydrogen) atoms. The quantitative estimate of drug-likeness (QED) is 0.725. The second kappa shape index (κ2) is 6.48. The summed E-state index contributed by atoms with van der Waals surface area (Å²) in [7, 11) is 0. The van der Waals surface area contributed by atoms with Crippen LogP contribution in [0.1, 0.15) is 4.88 Å². The van der Waals surface area contributed by atoms with E-state index in [4.69, 9.17) is 11.6 Å². The predicted molar refractivity (Wildman–Crippen MR) is 86.7 cm³/mol. The van der Waals surface area contributed by atoms with E-state index in [0.717, 1.165) is 11.1 Å². The van der Waals surface area contributed by atoms with Crippen LogP contribution in [-0.2, 0) is 11.2 Å². The van der Waals surface area contributed by atoms with Gasteiger partial charge in [-0.05, 0) is 36.4 Å². The van der Waals surface area contributed by atoms with Crippen LogP contribution < -0.4 is 5.11 Å². The Morgan fingerprint density at radius 3 is 2.30 bits per heavy atom.